The maximum Gasteiger partial charge on any atom is 0.118 e. The van der Waals surface area contributed by atoms with E-state index in [1.807, 2.05) is 18.2 Å². The number of ether oxygens (including phenoxy) is 1. The third-order valence-corrected chi connectivity index (χ3v) is 5.74. The van der Waals surface area contributed by atoms with Gasteiger partial charge in [-0.1, -0.05) is 103 Å². The molecule has 0 saturated carbocycles. The molecule has 0 spiro atoms. The third kappa shape index (κ3) is 4.33. The van der Waals surface area contributed by atoms with Crippen molar-refractivity contribution in [3.8, 4) is 5.75 Å². The van der Waals surface area contributed by atoms with E-state index in [4.69, 9.17) is 4.74 Å². The van der Waals surface area contributed by atoms with Crippen molar-refractivity contribution in [1.82, 2.24) is 0 Å². The van der Waals surface area contributed by atoms with E-state index in [0.29, 0.717) is 0 Å². The number of fused-ring (bicyclic) bond motifs is 3. The number of hydrogen-bond donors (Lipinski definition) is 0. The molecule has 1 nitrogen and oxygen atoms in total. The van der Waals surface area contributed by atoms with Crippen molar-refractivity contribution in [2.24, 2.45) is 0 Å². The van der Waals surface area contributed by atoms with Gasteiger partial charge in [-0.3, -0.25) is 0 Å². The number of benzene rings is 5. The van der Waals surface area contributed by atoms with Gasteiger partial charge >= 0.3 is 0 Å². The first kappa shape index (κ1) is 19.8. The van der Waals surface area contributed by atoms with Crippen LogP contribution in [0.4, 0.5) is 0 Å². The third-order valence-electron chi connectivity index (χ3n) is 5.74. The minimum atomic E-state index is 0.872. The predicted molar refractivity (Wildman–Crippen MR) is 139 cm³/mol. The van der Waals surface area contributed by atoms with E-state index in [1.165, 1.54) is 38.2 Å². The molecule has 0 atom stereocenters. The first-order chi connectivity index (χ1) is 15.8. The minimum Gasteiger partial charge on any atom is -0.497 e. The highest BCUT2D eigenvalue weighted by atomic mass is 16.5. The van der Waals surface area contributed by atoms with Crippen LogP contribution in [0.15, 0.2) is 103 Å². The molecule has 0 amide bonds. The summed E-state index contributed by atoms with van der Waals surface area (Å²) in [7, 11) is 1.69. The summed E-state index contributed by atoms with van der Waals surface area (Å²) < 4.78 is 5.24. The SMILES string of the molecule is COc1ccc(/C=C/c2ccc3ccc4ccc(/C=C/c5ccccc5)cc4c3c2)cc1. The van der Waals surface area contributed by atoms with Gasteiger partial charge in [-0.15, -0.1) is 0 Å². The van der Waals surface area contributed by atoms with E-state index in [-0.39, 0.29) is 0 Å². The molecule has 0 unspecified atom stereocenters. The molecule has 1 heteroatoms. The lowest BCUT2D eigenvalue weighted by atomic mass is 9.97. The van der Waals surface area contributed by atoms with Crippen molar-refractivity contribution < 1.29 is 4.74 Å². The van der Waals surface area contributed by atoms with E-state index in [1.54, 1.807) is 7.11 Å². The zero-order valence-electron chi connectivity index (χ0n) is 18.0. The van der Waals surface area contributed by atoms with Crippen LogP contribution in [0, 0.1) is 0 Å². The smallest absolute Gasteiger partial charge is 0.118 e. The highest BCUT2D eigenvalue weighted by Gasteiger charge is 2.03. The highest BCUT2D eigenvalue weighted by Crippen LogP contribution is 2.28. The number of methoxy groups -OCH3 is 1. The molecular weight excluding hydrogens is 388 g/mol. The Morgan fingerprint density at radius 2 is 0.906 bits per heavy atom. The summed E-state index contributed by atoms with van der Waals surface area (Å²) in [6.45, 7) is 0. The van der Waals surface area contributed by atoms with Crippen molar-refractivity contribution in [3.05, 3.63) is 125 Å². The fourth-order valence-corrected chi connectivity index (χ4v) is 3.96. The first-order valence-electron chi connectivity index (χ1n) is 10.8. The number of rotatable bonds is 5. The van der Waals surface area contributed by atoms with E-state index in [0.717, 1.165) is 11.3 Å². The zero-order chi connectivity index (χ0) is 21.8. The van der Waals surface area contributed by atoms with Gasteiger partial charge in [0, 0.05) is 0 Å². The average Bonchev–Trinajstić information content (AvgIpc) is 2.87. The Kier molecular flexibility index (Phi) is 5.55. The molecular formula is C31H24O. The van der Waals surface area contributed by atoms with Crippen LogP contribution >= 0.6 is 0 Å². The normalized spacial score (nSPS) is 11.7. The largest absolute Gasteiger partial charge is 0.497 e. The second kappa shape index (κ2) is 8.95. The quantitative estimate of drug-likeness (QED) is 0.208. The molecule has 0 fully saturated rings. The van der Waals surface area contributed by atoms with Crippen molar-refractivity contribution in [1.29, 1.82) is 0 Å². The van der Waals surface area contributed by atoms with Crippen LogP contribution in [-0.2, 0) is 0 Å². The van der Waals surface area contributed by atoms with Crippen LogP contribution in [0.1, 0.15) is 22.3 Å². The second-order valence-corrected chi connectivity index (χ2v) is 7.88. The maximum absolute atomic E-state index is 5.24. The summed E-state index contributed by atoms with van der Waals surface area (Å²) >= 11 is 0. The molecule has 0 radical (unpaired) electrons. The van der Waals surface area contributed by atoms with E-state index in [2.05, 4.69) is 109 Å². The molecule has 0 aliphatic carbocycles. The summed E-state index contributed by atoms with van der Waals surface area (Å²) in [6.07, 6.45) is 8.65. The average molecular weight is 413 g/mol. The Morgan fingerprint density at radius 3 is 1.44 bits per heavy atom. The molecule has 5 aromatic carbocycles. The van der Waals surface area contributed by atoms with Crippen LogP contribution in [0.3, 0.4) is 0 Å². The fraction of sp³-hybridized carbons (Fsp3) is 0.0323. The highest BCUT2D eigenvalue weighted by molar-refractivity contribution is 6.09. The van der Waals surface area contributed by atoms with Crippen LogP contribution in [-0.4, -0.2) is 7.11 Å². The summed E-state index contributed by atoms with van der Waals surface area (Å²) in [5.41, 5.74) is 4.74. The van der Waals surface area contributed by atoms with Gasteiger partial charge in [0.15, 0.2) is 0 Å². The van der Waals surface area contributed by atoms with Gasteiger partial charge in [0.25, 0.3) is 0 Å². The van der Waals surface area contributed by atoms with Crippen molar-refractivity contribution >= 4 is 45.8 Å². The molecule has 5 rings (SSSR count). The summed E-state index contributed by atoms with van der Waals surface area (Å²) in [4.78, 5) is 0. The molecule has 5 aromatic rings. The standard InChI is InChI=1S/C31H24O/c1-32-29-19-13-24(14-20-29)8-10-26-12-16-28-18-17-27-15-11-25(21-30(27)31(28)22-26)9-7-23-5-3-2-4-6-23/h2-22H,1H3/b9-7+,10-8+. The molecule has 0 heterocycles. The Balaban J connectivity index is 1.50. The Morgan fingerprint density at radius 1 is 0.469 bits per heavy atom. The molecule has 0 N–H and O–H groups in total. The van der Waals surface area contributed by atoms with Gasteiger partial charge in [-0.25, -0.2) is 0 Å². The van der Waals surface area contributed by atoms with Crippen molar-refractivity contribution in [3.63, 3.8) is 0 Å². The topological polar surface area (TPSA) is 9.23 Å². The van der Waals surface area contributed by atoms with Gasteiger partial charge < -0.3 is 4.74 Å². The van der Waals surface area contributed by atoms with E-state index >= 15 is 0 Å². The van der Waals surface area contributed by atoms with Crippen molar-refractivity contribution in [2.75, 3.05) is 7.11 Å². The Bertz CT molecular complexity index is 1420. The Hall–Kier alpha value is -4.10. The van der Waals surface area contributed by atoms with Gasteiger partial charge in [-0.2, -0.15) is 0 Å². The monoisotopic (exact) mass is 412 g/mol. The summed E-state index contributed by atoms with van der Waals surface area (Å²) in [5.74, 6) is 0.872. The zero-order valence-corrected chi connectivity index (χ0v) is 18.0. The van der Waals surface area contributed by atoms with Crippen LogP contribution in [0.2, 0.25) is 0 Å². The van der Waals surface area contributed by atoms with Crippen LogP contribution in [0.25, 0.3) is 45.8 Å². The van der Waals surface area contributed by atoms with Crippen LogP contribution < -0.4 is 4.74 Å². The van der Waals surface area contributed by atoms with Crippen molar-refractivity contribution in [2.45, 2.75) is 0 Å². The summed E-state index contributed by atoms with van der Waals surface area (Å²) in [6, 6.07) is 36.2. The Labute approximate surface area is 188 Å². The van der Waals surface area contributed by atoms with Gasteiger partial charge in [0.1, 0.15) is 5.75 Å². The summed E-state index contributed by atoms with van der Waals surface area (Å²) in [5, 5.41) is 5.06. The lowest BCUT2D eigenvalue weighted by Crippen LogP contribution is -1.82. The fourth-order valence-electron chi connectivity index (χ4n) is 3.96. The molecule has 0 bridgehead atoms. The molecule has 0 aliphatic rings. The number of hydrogen-bond acceptors (Lipinski definition) is 1. The van der Waals surface area contributed by atoms with E-state index in [9.17, 15) is 0 Å². The molecule has 154 valence electrons. The maximum atomic E-state index is 5.24. The predicted octanol–water partition coefficient (Wildman–Crippen LogP) is 8.34. The van der Waals surface area contributed by atoms with Gasteiger partial charge in [0.05, 0.1) is 7.11 Å². The second-order valence-electron chi connectivity index (χ2n) is 7.88. The molecule has 0 saturated heterocycles. The molecule has 32 heavy (non-hydrogen) atoms. The minimum absolute atomic E-state index is 0.872. The lowest BCUT2D eigenvalue weighted by molar-refractivity contribution is 0.415. The van der Waals surface area contributed by atoms with Gasteiger partial charge in [-0.05, 0) is 68.1 Å². The molecule has 0 aliphatic heterocycles. The van der Waals surface area contributed by atoms with Gasteiger partial charge in [0.2, 0.25) is 0 Å². The van der Waals surface area contributed by atoms with E-state index < -0.39 is 0 Å². The van der Waals surface area contributed by atoms with Crippen LogP contribution in [0.5, 0.6) is 5.75 Å². The first-order valence-corrected chi connectivity index (χ1v) is 10.8. The molecule has 0 aromatic heterocycles. The lowest BCUT2D eigenvalue weighted by Gasteiger charge is -2.07.